The Morgan fingerprint density at radius 2 is 1.29 bits per heavy atom. The fourth-order valence-corrected chi connectivity index (χ4v) is 5.95. The molecule has 0 radical (unpaired) electrons. The Morgan fingerprint density at radius 3 is 1.76 bits per heavy atom. The zero-order valence-electron chi connectivity index (χ0n) is 13.9. The second kappa shape index (κ2) is 5.61. The van der Waals surface area contributed by atoms with Gasteiger partial charge in [-0.15, -0.1) is 0 Å². The van der Waals surface area contributed by atoms with Crippen molar-refractivity contribution >= 4 is 6.85 Å². The molecule has 1 saturated heterocycles. The van der Waals surface area contributed by atoms with Crippen molar-refractivity contribution in [3.05, 3.63) is 23.3 Å². The van der Waals surface area contributed by atoms with E-state index in [9.17, 15) is 0 Å². The Bertz CT molecular complexity index is 426. The van der Waals surface area contributed by atoms with Crippen LogP contribution in [0.3, 0.4) is 0 Å². The molecule has 3 fully saturated rings. The summed E-state index contributed by atoms with van der Waals surface area (Å²) in [5.41, 5.74) is 3.58. The first-order valence-electron chi connectivity index (χ1n) is 9.45. The first-order valence-corrected chi connectivity index (χ1v) is 9.45. The fourth-order valence-electron chi connectivity index (χ4n) is 5.95. The lowest BCUT2D eigenvalue weighted by Crippen LogP contribution is -2.54. The molecule has 1 heterocycles. The molecule has 0 amide bonds. The Hall–Kier alpha value is -0.495. The van der Waals surface area contributed by atoms with Gasteiger partial charge in [-0.1, -0.05) is 51.5 Å². The van der Waals surface area contributed by atoms with E-state index in [1.807, 2.05) is 0 Å². The zero-order chi connectivity index (χ0) is 14.4. The lowest BCUT2D eigenvalue weighted by atomic mass is 9.61. The summed E-state index contributed by atoms with van der Waals surface area (Å²) in [5, 5.41) is 0. The van der Waals surface area contributed by atoms with E-state index in [1.165, 1.54) is 57.8 Å². The van der Waals surface area contributed by atoms with E-state index in [0.29, 0.717) is 6.85 Å². The van der Waals surface area contributed by atoms with Crippen LogP contribution in [-0.4, -0.2) is 23.7 Å². The van der Waals surface area contributed by atoms with Crippen LogP contribution in [0.4, 0.5) is 0 Å². The van der Waals surface area contributed by atoms with E-state index in [4.69, 9.17) is 0 Å². The highest BCUT2D eigenvalue weighted by Gasteiger charge is 2.46. The van der Waals surface area contributed by atoms with E-state index in [0.717, 1.165) is 23.9 Å². The first-order chi connectivity index (χ1) is 10.3. The van der Waals surface area contributed by atoms with Gasteiger partial charge in [0.15, 0.2) is 0 Å². The maximum Gasteiger partial charge on any atom is 0.217 e. The molecule has 114 valence electrons. The van der Waals surface area contributed by atoms with Gasteiger partial charge in [0.25, 0.3) is 0 Å². The van der Waals surface area contributed by atoms with Gasteiger partial charge in [0.05, 0.1) is 0 Å². The number of rotatable bonds is 1. The topological polar surface area (TPSA) is 3.24 Å². The molecule has 4 atom stereocenters. The third-order valence-corrected chi connectivity index (χ3v) is 6.63. The molecule has 21 heavy (non-hydrogen) atoms. The smallest absolute Gasteiger partial charge is 0.217 e. The first kappa shape index (κ1) is 14.1. The number of nitrogens with zero attached hydrogens (tertiary/aromatic N) is 1. The highest BCUT2D eigenvalue weighted by molar-refractivity contribution is 6.52. The van der Waals surface area contributed by atoms with Crippen LogP contribution in [-0.2, 0) is 0 Å². The van der Waals surface area contributed by atoms with Crippen LogP contribution in [0.25, 0.3) is 0 Å². The van der Waals surface area contributed by atoms with Crippen LogP contribution in [0, 0.1) is 11.8 Å². The Morgan fingerprint density at radius 1 is 0.810 bits per heavy atom. The highest BCUT2D eigenvalue weighted by Crippen LogP contribution is 2.50. The monoisotopic (exact) mass is 283 g/mol. The SMILES string of the molecule is CB(C)N1C2CCCCC2C2=CCC=C2C2CCCCC21. The van der Waals surface area contributed by atoms with Crippen molar-refractivity contribution in [3.63, 3.8) is 0 Å². The quantitative estimate of drug-likeness (QED) is 0.617. The third-order valence-electron chi connectivity index (χ3n) is 6.63. The number of hydrogen-bond acceptors (Lipinski definition) is 1. The van der Waals surface area contributed by atoms with Crippen molar-refractivity contribution in [1.29, 1.82) is 0 Å². The summed E-state index contributed by atoms with van der Waals surface area (Å²) in [7, 11) is 0. The van der Waals surface area contributed by atoms with E-state index in [1.54, 1.807) is 11.1 Å². The number of allylic oxidation sites excluding steroid dienone is 2. The third kappa shape index (κ3) is 2.25. The van der Waals surface area contributed by atoms with Crippen LogP contribution in [0.15, 0.2) is 23.3 Å². The molecule has 1 aliphatic heterocycles. The van der Waals surface area contributed by atoms with Crippen LogP contribution < -0.4 is 0 Å². The molecule has 1 nitrogen and oxygen atoms in total. The van der Waals surface area contributed by atoms with Crippen molar-refractivity contribution in [2.24, 2.45) is 11.8 Å². The van der Waals surface area contributed by atoms with Crippen molar-refractivity contribution < 1.29 is 0 Å². The summed E-state index contributed by atoms with van der Waals surface area (Å²) in [4.78, 5) is 2.98. The van der Waals surface area contributed by atoms with Crippen molar-refractivity contribution in [2.75, 3.05) is 0 Å². The molecule has 2 saturated carbocycles. The van der Waals surface area contributed by atoms with Gasteiger partial charge in [0.1, 0.15) is 0 Å². The van der Waals surface area contributed by atoms with Gasteiger partial charge in [-0.05, 0) is 55.1 Å². The van der Waals surface area contributed by atoms with Gasteiger partial charge in [0, 0.05) is 12.1 Å². The van der Waals surface area contributed by atoms with Crippen molar-refractivity contribution in [2.45, 2.75) is 83.5 Å². The van der Waals surface area contributed by atoms with Gasteiger partial charge in [-0.25, -0.2) is 0 Å². The Kier molecular flexibility index (Phi) is 3.77. The van der Waals surface area contributed by atoms with Crippen molar-refractivity contribution in [1.82, 2.24) is 4.81 Å². The summed E-state index contributed by atoms with van der Waals surface area (Å²) in [6.45, 7) is 5.60. The zero-order valence-corrected chi connectivity index (χ0v) is 13.9. The van der Waals surface area contributed by atoms with Crippen molar-refractivity contribution in [3.8, 4) is 0 Å². The molecule has 0 aromatic rings. The van der Waals surface area contributed by atoms with E-state index < -0.39 is 0 Å². The average Bonchev–Trinajstić information content (AvgIpc) is 2.93. The largest absolute Gasteiger partial charge is 0.336 e. The van der Waals surface area contributed by atoms with E-state index in [2.05, 4.69) is 30.6 Å². The lowest BCUT2D eigenvalue weighted by molar-refractivity contribution is 0.126. The lowest BCUT2D eigenvalue weighted by Gasteiger charge is -2.47. The minimum Gasteiger partial charge on any atom is -0.336 e. The molecular formula is C19H30BN. The molecule has 0 aromatic carbocycles. The van der Waals surface area contributed by atoms with E-state index in [-0.39, 0.29) is 0 Å². The normalized spacial score (nSPS) is 39.5. The standard InChI is InChI=1S/C19H30BN/c1-20(2)21-18-12-5-3-8-16(18)14-10-7-11-15(14)17-9-4-6-13-19(17)21/h10-11,16-19H,3-9,12-13H2,1-2H3. The number of fused-ring (bicyclic) bond motifs is 5. The van der Waals surface area contributed by atoms with Gasteiger partial charge in [0.2, 0.25) is 6.85 Å². The molecule has 2 heteroatoms. The van der Waals surface area contributed by atoms with Gasteiger partial charge in [-0.3, -0.25) is 0 Å². The maximum absolute atomic E-state index is 2.98. The van der Waals surface area contributed by atoms with Gasteiger partial charge >= 0.3 is 0 Å². The minimum absolute atomic E-state index is 0.709. The van der Waals surface area contributed by atoms with Crippen LogP contribution in [0.5, 0.6) is 0 Å². The molecule has 0 N–H and O–H groups in total. The average molecular weight is 283 g/mol. The molecule has 4 unspecified atom stereocenters. The van der Waals surface area contributed by atoms with Crippen LogP contribution >= 0.6 is 0 Å². The summed E-state index contributed by atoms with van der Waals surface area (Å²) in [5.74, 6) is 1.70. The van der Waals surface area contributed by atoms with Gasteiger partial charge < -0.3 is 4.81 Å². The van der Waals surface area contributed by atoms with E-state index >= 15 is 0 Å². The minimum atomic E-state index is 0.709. The highest BCUT2D eigenvalue weighted by atomic mass is 15.1. The molecule has 3 aliphatic carbocycles. The summed E-state index contributed by atoms with van der Waals surface area (Å²) >= 11 is 0. The molecule has 0 spiro atoms. The number of hydrogen-bond donors (Lipinski definition) is 0. The second-order valence-electron chi connectivity index (χ2n) is 8.01. The predicted molar refractivity (Wildman–Crippen MR) is 91.6 cm³/mol. The molecule has 0 bridgehead atoms. The maximum atomic E-state index is 2.98. The van der Waals surface area contributed by atoms with Crippen LogP contribution in [0.2, 0.25) is 13.6 Å². The molecule has 0 aromatic heterocycles. The van der Waals surface area contributed by atoms with Crippen LogP contribution in [0.1, 0.15) is 57.8 Å². The summed E-state index contributed by atoms with van der Waals surface area (Å²) < 4.78 is 0. The molecular weight excluding hydrogens is 253 g/mol. The summed E-state index contributed by atoms with van der Waals surface area (Å²) in [6, 6.07) is 1.67. The summed E-state index contributed by atoms with van der Waals surface area (Å²) in [6.07, 6.45) is 18.0. The molecule has 4 aliphatic rings. The Labute approximate surface area is 131 Å². The second-order valence-corrected chi connectivity index (χ2v) is 8.01. The van der Waals surface area contributed by atoms with Gasteiger partial charge in [-0.2, -0.15) is 0 Å². The Balaban J connectivity index is 1.78. The molecule has 4 rings (SSSR count). The fraction of sp³-hybridized carbons (Fsp3) is 0.789. The predicted octanol–water partition coefficient (Wildman–Crippen LogP) is 4.93.